The molecule has 0 radical (unpaired) electrons. The summed E-state index contributed by atoms with van der Waals surface area (Å²) < 4.78 is 5.30. The molecule has 2 aliphatic carbocycles. The number of ether oxygens (including phenoxy) is 1. The predicted octanol–water partition coefficient (Wildman–Crippen LogP) is 1.87. The van der Waals surface area contributed by atoms with Crippen LogP contribution in [0.4, 0.5) is 0 Å². The van der Waals surface area contributed by atoms with E-state index in [-0.39, 0.29) is 35.5 Å². The summed E-state index contributed by atoms with van der Waals surface area (Å²) in [6, 6.07) is 6.07. The largest absolute Gasteiger partial charge is 0.496 e. The number of methoxy groups -OCH3 is 1. The molecule has 2 amide bonds. The van der Waals surface area contributed by atoms with Crippen molar-refractivity contribution in [2.24, 2.45) is 28.7 Å². The van der Waals surface area contributed by atoms with Crippen molar-refractivity contribution < 1.29 is 14.3 Å². The van der Waals surface area contributed by atoms with Gasteiger partial charge in [0, 0.05) is 26.7 Å². The average Bonchev–Trinajstić information content (AvgIpc) is 3.42. The van der Waals surface area contributed by atoms with E-state index in [9.17, 15) is 9.59 Å². The summed E-state index contributed by atoms with van der Waals surface area (Å²) in [4.78, 5) is 31.2. The lowest BCUT2D eigenvalue weighted by molar-refractivity contribution is -0.140. The standard InChI is InChI=1S/C23H30N4O3/c1-14-11-15(5-8-18(14)30-3)13-26-23(24-2)25-9-4-10-27-21(28)19-16-6-7-17(12-16)20(19)22(27)29/h5-8,11,16-17,19-20H,4,9-10,12-13H2,1-3H3,(H2,24,25,26). The van der Waals surface area contributed by atoms with Gasteiger partial charge in [0.15, 0.2) is 5.96 Å². The van der Waals surface area contributed by atoms with Crippen LogP contribution in [0.1, 0.15) is 24.0 Å². The smallest absolute Gasteiger partial charge is 0.233 e. The van der Waals surface area contributed by atoms with Gasteiger partial charge in [-0.2, -0.15) is 0 Å². The van der Waals surface area contributed by atoms with Crippen LogP contribution in [-0.4, -0.2) is 49.9 Å². The van der Waals surface area contributed by atoms with E-state index >= 15 is 0 Å². The van der Waals surface area contributed by atoms with Crippen molar-refractivity contribution >= 4 is 17.8 Å². The normalized spacial score (nSPS) is 27.0. The highest BCUT2D eigenvalue weighted by Gasteiger charge is 2.58. The number of hydrogen-bond acceptors (Lipinski definition) is 4. The van der Waals surface area contributed by atoms with E-state index in [1.54, 1.807) is 14.2 Å². The third-order valence-corrected chi connectivity index (χ3v) is 6.56. The van der Waals surface area contributed by atoms with Crippen molar-refractivity contribution in [3.05, 3.63) is 41.5 Å². The third kappa shape index (κ3) is 3.68. The van der Waals surface area contributed by atoms with E-state index < -0.39 is 0 Å². The second kappa shape index (κ2) is 8.50. The van der Waals surface area contributed by atoms with Crippen LogP contribution in [0.5, 0.6) is 5.75 Å². The molecule has 1 aliphatic heterocycles. The van der Waals surface area contributed by atoms with E-state index in [4.69, 9.17) is 4.74 Å². The van der Waals surface area contributed by atoms with Crippen LogP contribution in [0, 0.1) is 30.6 Å². The van der Waals surface area contributed by atoms with Crippen LogP contribution in [0.2, 0.25) is 0 Å². The molecule has 4 rings (SSSR count). The monoisotopic (exact) mass is 410 g/mol. The van der Waals surface area contributed by atoms with Crippen molar-refractivity contribution in [2.45, 2.75) is 26.3 Å². The number of carbonyl (C=O) groups is 2. The van der Waals surface area contributed by atoms with E-state index in [1.807, 2.05) is 19.1 Å². The molecule has 1 saturated carbocycles. The van der Waals surface area contributed by atoms with Crippen molar-refractivity contribution in [1.82, 2.24) is 15.5 Å². The molecule has 2 N–H and O–H groups in total. The zero-order valence-corrected chi connectivity index (χ0v) is 17.9. The summed E-state index contributed by atoms with van der Waals surface area (Å²) in [6.07, 6.45) is 5.92. The Balaban J connectivity index is 1.22. The minimum Gasteiger partial charge on any atom is -0.496 e. The fraction of sp³-hybridized carbons (Fsp3) is 0.522. The maximum absolute atomic E-state index is 12.7. The highest BCUT2D eigenvalue weighted by molar-refractivity contribution is 6.06. The molecule has 0 spiro atoms. The molecule has 1 heterocycles. The predicted molar refractivity (Wildman–Crippen MR) is 115 cm³/mol. The molecule has 4 unspecified atom stereocenters. The van der Waals surface area contributed by atoms with Crippen LogP contribution in [-0.2, 0) is 16.1 Å². The van der Waals surface area contributed by atoms with Gasteiger partial charge in [0.25, 0.3) is 0 Å². The number of nitrogens with zero attached hydrogens (tertiary/aromatic N) is 2. The Hall–Kier alpha value is -2.83. The number of imide groups is 1. The molecular formula is C23H30N4O3. The van der Waals surface area contributed by atoms with Crippen LogP contribution in [0.25, 0.3) is 0 Å². The molecule has 160 valence electrons. The van der Waals surface area contributed by atoms with Gasteiger partial charge in [-0.15, -0.1) is 0 Å². The number of benzene rings is 1. The van der Waals surface area contributed by atoms with Gasteiger partial charge < -0.3 is 15.4 Å². The van der Waals surface area contributed by atoms with Crippen molar-refractivity contribution in [1.29, 1.82) is 0 Å². The maximum Gasteiger partial charge on any atom is 0.233 e. The fourth-order valence-corrected chi connectivity index (χ4v) is 5.09. The molecule has 2 fully saturated rings. The number of hydrogen-bond donors (Lipinski definition) is 2. The second-order valence-electron chi connectivity index (χ2n) is 8.34. The minimum atomic E-state index is -0.108. The topological polar surface area (TPSA) is 83.0 Å². The first-order chi connectivity index (χ1) is 14.5. The van der Waals surface area contributed by atoms with Crippen molar-refractivity contribution in [2.75, 3.05) is 27.2 Å². The van der Waals surface area contributed by atoms with Gasteiger partial charge in [0.1, 0.15) is 5.75 Å². The van der Waals surface area contributed by atoms with Crippen molar-refractivity contribution in [3.63, 3.8) is 0 Å². The second-order valence-corrected chi connectivity index (χ2v) is 8.34. The molecule has 1 saturated heterocycles. The first-order valence-electron chi connectivity index (χ1n) is 10.6. The Bertz CT molecular complexity index is 864. The number of likely N-dealkylation sites (tertiary alicyclic amines) is 1. The Morgan fingerprint density at radius 3 is 2.47 bits per heavy atom. The molecule has 7 heteroatoms. The number of fused-ring (bicyclic) bond motifs is 5. The average molecular weight is 411 g/mol. The Kier molecular flexibility index (Phi) is 5.79. The van der Waals surface area contributed by atoms with Crippen LogP contribution >= 0.6 is 0 Å². The molecule has 30 heavy (non-hydrogen) atoms. The molecule has 2 bridgehead atoms. The number of nitrogens with one attached hydrogen (secondary N) is 2. The summed E-state index contributed by atoms with van der Waals surface area (Å²) in [7, 11) is 3.40. The summed E-state index contributed by atoms with van der Waals surface area (Å²) in [5.74, 6) is 1.94. The third-order valence-electron chi connectivity index (χ3n) is 6.56. The molecule has 4 atom stereocenters. The van der Waals surface area contributed by atoms with Crippen molar-refractivity contribution in [3.8, 4) is 5.75 Å². The first-order valence-corrected chi connectivity index (χ1v) is 10.6. The zero-order valence-electron chi connectivity index (χ0n) is 17.9. The summed E-state index contributed by atoms with van der Waals surface area (Å²) in [6.45, 7) is 3.77. The number of rotatable bonds is 7. The fourth-order valence-electron chi connectivity index (χ4n) is 5.09. The van der Waals surface area contributed by atoms with Gasteiger partial charge in [0.05, 0.1) is 18.9 Å². The van der Waals surface area contributed by atoms with Gasteiger partial charge in [-0.25, -0.2) is 0 Å². The molecule has 1 aromatic rings. The van der Waals surface area contributed by atoms with Gasteiger partial charge in [0.2, 0.25) is 11.8 Å². The molecule has 1 aromatic carbocycles. The van der Waals surface area contributed by atoms with E-state index in [0.717, 1.165) is 23.3 Å². The Labute approximate surface area is 177 Å². The van der Waals surface area contributed by atoms with Gasteiger partial charge in [-0.1, -0.05) is 24.3 Å². The highest BCUT2D eigenvalue weighted by Crippen LogP contribution is 2.52. The lowest BCUT2D eigenvalue weighted by Gasteiger charge is -2.18. The van der Waals surface area contributed by atoms with Crippen LogP contribution < -0.4 is 15.4 Å². The van der Waals surface area contributed by atoms with Crippen LogP contribution in [0.15, 0.2) is 35.3 Å². The quantitative estimate of drug-likeness (QED) is 0.236. The van der Waals surface area contributed by atoms with E-state index in [0.29, 0.717) is 32.0 Å². The number of amides is 2. The maximum atomic E-state index is 12.7. The number of carbonyl (C=O) groups excluding carboxylic acids is 2. The molecule has 7 nitrogen and oxygen atoms in total. The summed E-state index contributed by atoms with van der Waals surface area (Å²) in [5, 5.41) is 6.55. The van der Waals surface area contributed by atoms with E-state index in [1.165, 1.54) is 4.90 Å². The Morgan fingerprint density at radius 2 is 1.87 bits per heavy atom. The lowest BCUT2D eigenvalue weighted by atomic mass is 9.85. The number of aliphatic imine (C=N–C) groups is 1. The lowest BCUT2D eigenvalue weighted by Crippen LogP contribution is -2.39. The van der Waals surface area contributed by atoms with Gasteiger partial charge >= 0.3 is 0 Å². The van der Waals surface area contributed by atoms with E-state index in [2.05, 4.69) is 33.8 Å². The summed E-state index contributed by atoms with van der Waals surface area (Å²) in [5.41, 5.74) is 2.23. The molecule has 3 aliphatic rings. The molecule has 0 aromatic heterocycles. The van der Waals surface area contributed by atoms with Gasteiger partial charge in [-0.3, -0.25) is 19.5 Å². The first kappa shape index (κ1) is 20.4. The number of guanidine groups is 1. The number of aryl methyl sites for hydroxylation is 1. The zero-order chi connectivity index (χ0) is 21.3. The summed E-state index contributed by atoms with van der Waals surface area (Å²) >= 11 is 0. The highest BCUT2D eigenvalue weighted by atomic mass is 16.5. The van der Waals surface area contributed by atoms with Crippen LogP contribution in [0.3, 0.4) is 0 Å². The number of allylic oxidation sites excluding steroid dienone is 2. The molecular weight excluding hydrogens is 380 g/mol. The SMILES string of the molecule is CN=C(NCCCN1C(=O)C2C3C=CC(C3)C2C1=O)NCc1ccc(OC)c(C)c1. The Morgan fingerprint density at radius 1 is 1.17 bits per heavy atom. The minimum absolute atomic E-state index is 0.0271. The van der Waals surface area contributed by atoms with Gasteiger partial charge in [-0.05, 0) is 48.8 Å².